The van der Waals surface area contributed by atoms with Gasteiger partial charge in [-0.1, -0.05) is 30.3 Å². The van der Waals surface area contributed by atoms with E-state index in [0.717, 1.165) is 5.56 Å². The molecule has 1 aromatic carbocycles. The summed E-state index contributed by atoms with van der Waals surface area (Å²) in [6.45, 7) is 2.66. The molecule has 0 aliphatic carbocycles. The molecule has 0 bridgehead atoms. The van der Waals surface area contributed by atoms with Crippen molar-refractivity contribution >= 4 is 0 Å². The van der Waals surface area contributed by atoms with E-state index in [1.807, 2.05) is 36.4 Å². The van der Waals surface area contributed by atoms with E-state index >= 15 is 0 Å². The highest BCUT2D eigenvalue weighted by molar-refractivity contribution is 5.13. The van der Waals surface area contributed by atoms with Crippen molar-refractivity contribution in [2.75, 3.05) is 6.61 Å². The highest BCUT2D eigenvalue weighted by Crippen LogP contribution is 2.13. The molecule has 0 saturated carbocycles. The fourth-order valence-corrected chi connectivity index (χ4v) is 1.32. The summed E-state index contributed by atoms with van der Waals surface area (Å²) >= 11 is 0. The number of nitriles is 1. The zero-order chi connectivity index (χ0) is 11.9. The number of hydrogen-bond donors (Lipinski definition) is 1. The number of aliphatic hydroxyl groups is 1. The van der Waals surface area contributed by atoms with Gasteiger partial charge in [-0.2, -0.15) is 5.26 Å². The van der Waals surface area contributed by atoms with Gasteiger partial charge in [0, 0.05) is 13.0 Å². The molecule has 3 heteroatoms. The predicted molar refractivity (Wildman–Crippen MR) is 61.6 cm³/mol. The predicted octanol–water partition coefficient (Wildman–Crippen LogP) is 2.26. The third-order valence-corrected chi connectivity index (χ3v) is 2.36. The molecular weight excluding hydrogens is 202 g/mol. The second-order valence-corrected chi connectivity index (χ2v) is 4.12. The first kappa shape index (κ1) is 12.7. The Labute approximate surface area is 96.3 Å². The van der Waals surface area contributed by atoms with Crippen LogP contribution in [0.15, 0.2) is 30.3 Å². The lowest BCUT2D eigenvalue weighted by molar-refractivity contribution is 0.0137. The first-order valence-electron chi connectivity index (χ1n) is 5.35. The number of rotatable bonds is 6. The minimum Gasteiger partial charge on any atom is -0.389 e. The van der Waals surface area contributed by atoms with Crippen LogP contribution in [0.3, 0.4) is 0 Å². The van der Waals surface area contributed by atoms with E-state index in [1.54, 1.807) is 6.92 Å². The molecule has 1 aromatic rings. The third kappa shape index (κ3) is 4.92. The number of hydrogen-bond acceptors (Lipinski definition) is 3. The molecular formula is C13H17NO2. The monoisotopic (exact) mass is 219 g/mol. The molecule has 0 fully saturated rings. The molecule has 86 valence electrons. The minimum absolute atomic E-state index is 0.141. The number of ether oxygens (including phenoxy) is 1. The van der Waals surface area contributed by atoms with Crippen LogP contribution in [0.5, 0.6) is 0 Å². The van der Waals surface area contributed by atoms with Gasteiger partial charge >= 0.3 is 0 Å². The molecule has 0 heterocycles. The summed E-state index contributed by atoms with van der Waals surface area (Å²) in [7, 11) is 0. The van der Waals surface area contributed by atoms with Crippen molar-refractivity contribution in [1.82, 2.24) is 0 Å². The van der Waals surface area contributed by atoms with E-state index in [4.69, 9.17) is 10.00 Å². The summed E-state index contributed by atoms with van der Waals surface area (Å²) in [5.41, 5.74) is 0.174. The van der Waals surface area contributed by atoms with Crippen LogP contribution in [0, 0.1) is 11.3 Å². The molecule has 1 rings (SSSR count). The average Bonchev–Trinajstić information content (AvgIpc) is 2.26. The zero-order valence-corrected chi connectivity index (χ0v) is 9.52. The first-order chi connectivity index (χ1) is 7.64. The van der Waals surface area contributed by atoms with Crippen molar-refractivity contribution in [2.24, 2.45) is 0 Å². The maximum Gasteiger partial charge on any atom is 0.0771 e. The Bertz CT molecular complexity index is 341. The molecule has 0 aromatic heterocycles. The van der Waals surface area contributed by atoms with Crippen molar-refractivity contribution in [3.05, 3.63) is 35.9 Å². The summed E-state index contributed by atoms with van der Waals surface area (Å²) in [6.07, 6.45) is 0.620. The third-order valence-electron chi connectivity index (χ3n) is 2.36. The molecule has 0 amide bonds. The van der Waals surface area contributed by atoms with Crippen LogP contribution >= 0.6 is 0 Å². The highest BCUT2D eigenvalue weighted by atomic mass is 16.5. The van der Waals surface area contributed by atoms with E-state index in [0.29, 0.717) is 19.6 Å². The van der Waals surface area contributed by atoms with Gasteiger partial charge in [-0.05, 0) is 12.5 Å². The summed E-state index contributed by atoms with van der Waals surface area (Å²) in [6, 6.07) is 11.8. The Morgan fingerprint density at radius 3 is 2.69 bits per heavy atom. The maximum atomic E-state index is 9.71. The van der Waals surface area contributed by atoms with Crippen molar-refractivity contribution in [2.45, 2.75) is 32.0 Å². The molecule has 3 nitrogen and oxygen atoms in total. The van der Waals surface area contributed by atoms with E-state index in [2.05, 4.69) is 0 Å². The second kappa shape index (κ2) is 6.26. The van der Waals surface area contributed by atoms with Crippen molar-refractivity contribution in [1.29, 1.82) is 5.26 Å². The molecule has 0 aliphatic heterocycles. The quantitative estimate of drug-likeness (QED) is 0.747. The zero-order valence-electron chi connectivity index (χ0n) is 9.52. The van der Waals surface area contributed by atoms with Crippen molar-refractivity contribution < 1.29 is 9.84 Å². The smallest absolute Gasteiger partial charge is 0.0771 e. The standard InChI is InChI=1S/C13H17NO2/c1-13(15,7-9-14)8-10-16-11-12-5-3-2-4-6-12/h2-6,15H,7-8,10-11H2,1H3/t13-/m0/s1. The van der Waals surface area contributed by atoms with Crippen LogP contribution in [-0.2, 0) is 11.3 Å². The number of nitrogens with zero attached hydrogens (tertiary/aromatic N) is 1. The molecule has 16 heavy (non-hydrogen) atoms. The fraction of sp³-hybridized carbons (Fsp3) is 0.462. The Morgan fingerprint density at radius 2 is 2.06 bits per heavy atom. The molecule has 0 saturated heterocycles. The van der Waals surface area contributed by atoms with Gasteiger partial charge in [0.1, 0.15) is 0 Å². The molecule has 0 aliphatic rings. The van der Waals surface area contributed by atoms with Crippen molar-refractivity contribution in [3.8, 4) is 6.07 Å². The topological polar surface area (TPSA) is 53.2 Å². The van der Waals surface area contributed by atoms with Gasteiger partial charge in [0.25, 0.3) is 0 Å². The molecule has 0 spiro atoms. The molecule has 1 atom stereocenters. The van der Waals surface area contributed by atoms with Gasteiger partial charge in [0.15, 0.2) is 0 Å². The Morgan fingerprint density at radius 1 is 1.38 bits per heavy atom. The maximum absolute atomic E-state index is 9.71. The molecule has 0 unspecified atom stereocenters. The van der Waals surface area contributed by atoms with Gasteiger partial charge in [0.2, 0.25) is 0 Å². The Balaban J connectivity index is 2.20. The summed E-state index contributed by atoms with van der Waals surface area (Å²) < 4.78 is 5.43. The van der Waals surface area contributed by atoms with E-state index in [1.165, 1.54) is 0 Å². The Hall–Kier alpha value is -1.37. The first-order valence-corrected chi connectivity index (χ1v) is 5.35. The van der Waals surface area contributed by atoms with Gasteiger partial charge in [0.05, 0.1) is 24.7 Å². The number of benzene rings is 1. The van der Waals surface area contributed by atoms with E-state index in [-0.39, 0.29) is 6.42 Å². The lowest BCUT2D eigenvalue weighted by atomic mass is 10.00. The molecule has 1 N–H and O–H groups in total. The minimum atomic E-state index is -0.939. The van der Waals surface area contributed by atoms with Crippen LogP contribution in [0.1, 0.15) is 25.3 Å². The van der Waals surface area contributed by atoms with Crippen LogP contribution in [0.4, 0.5) is 0 Å². The second-order valence-electron chi connectivity index (χ2n) is 4.12. The SMILES string of the molecule is C[C@](O)(CC#N)CCOCc1ccccc1. The van der Waals surface area contributed by atoms with Gasteiger partial charge in [-0.25, -0.2) is 0 Å². The van der Waals surface area contributed by atoms with Crippen molar-refractivity contribution in [3.63, 3.8) is 0 Å². The van der Waals surface area contributed by atoms with Crippen LogP contribution in [0.2, 0.25) is 0 Å². The fourth-order valence-electron chi connectivity index (χ4n) is 1.32. The van der Waals surface area contributed by atoms with Gasteiger partial charge in [-0.15, -0.1) is 0 Å². The van der Waals surface area contributed by atoms with Gasteiger partial charge < -0.3 is 9.84 Å². The highest BCUT2D eigenvalue weighted by Gasteiger charge is 2.19. The van der Waals surface area contributed by atoms with E-state index < -0.39 is 5.60 Å². The summed E-state index contributed by atoms with van der Waals surface area (Å²) in [4.78, 5) is 0. The summed E-state index contributed by atoms with van der Waals surface area (Å²) in [5, 5.41) is 18.2. The van der Waals surface area contributed by atoms with Crippen LogP contribution < -0.4 is 0 Å². The average molecular weight is 219 g/mol. The lowest BCUT2D eigenvalue weighted by Crippen LogP contribution is -2.25. The lowest BCUT2D eigenvalue weighted by Gasteiger charge is -2.19. The van der Waals surface area contributed by atoms with Crippen LogP contribution in [0.25, 0.3) is 0 Å². The van der Waals surface area contributed by atoms with E-state index in [9.17, 15) is 5.11 Å². The van der Waals surface area contributed by atoms with Crippen LogP contribution in [-0.4, -0.2) is 17.3 Å². The normalized spacial score (nSPS) is 14.1. The Kier molecular flexibility index (Phi) is 4.97. The summed E-state index contributed by atoms with van der Waals surface area (Å²) in [5.74, 6) is 0. The largest absolute Gasteiger partial charge is 0.389 e. The van der Waals surface area contributed by atoms with Gasteiger partial charge in [-0.3, -0.25) is 0 Å². The molecule has 0 radical (unpaired) electrons.